The molecule has 20 heavy (non-hydrogen) atoms. The van der Waals surface area contributed by atoms with Crippen molar-refractivity contribution in [1.82, 2.24) is 9.78 Å². The summed E-state index contributed by atoms with van der Waals surface area (Å²) in [4.78, 5) is 12.0. The van der Waals surface area contributed by atoms with Crippen molar-refractivity contribution in [3.05, 3.63) is 64.1 Å². The average Bonchev–Trinajstić information content (AvgIpc) is 2.49. The SMILES string of the molecule is CCC(C)(CC)c1ccc(=O)n(Cc2ccccc2)n1. The van der Waals surface area contributed by atoms with Crippen molar-refractivity contribution in [1.29, 1.82) is 0 Å². The Kier molecular flexibility index (Phi) is 4.38. The molecular formula is C17H22N2O. The van der Waals surface area contributed by atoms with Crippen molar-refractivity contribution >= 4 is 0 Å². The number of rotatable bonds is 5. The number of benzene rings is 1. The molecule has 0 fully saturated rings. The van der Waals surface area contributed by atoms with E-state index >= 15 is 0 Å². The molecule has 0 amide bonds. The fourth-order valence-electron chi connectivity index (χ4n) is 2.25. The first-order chi connectivity index (χ1) is 9.59. The largest absolute Gasteiger partial charge is 0.268 e. The summed E-state index contributed by atoms with van der Waals surface area (Å²) in [5.74, 6) is 0. The maximum absolute atomic E-state index is 12.0. The molecular weight excluding hydrogens is 248 g/mol. The molecule has 0 aliphatic rings. The van der Waals surface area contributed by atoms with Crippen molar-refractivity contribution < 1.29 is 0 Å². The third kappa shape index (κ3) is 2.98. The van der Waals surface area contributed by atoms with Gasteiger partial charge in [-0.05, 0) is 24.5 Å². The molecule has 0 unspecified atom stereocenters. The van der Waals surface area contributed by atoms with E-state index in [0.29, 0.717) is 6.54 Å². The standard InChI is InChI=1S/C17H22N2O/c1-4-17(3,5-2)15-11-12-16(20)19(18-15)13-14-9-7-6-8-10-14/h6-12H,4-5,13H2,1-3H3. The predicted molar refractivity (Wildman–Crippen MR) is 82.0 cm³/mol. The maximum atomic E-state index is 12.0. The molecule has 1 aromatic carbocycles. The molecule has 0 radical (unpaired) electrons. The van der Waals surface area contributed by atoms with Crippen LogP contribution in [0.15, 0.2) is 47.3 Å². The summed E-state index contributed by atoms with van der Waals surface area (Å²) in [6.45, 7) is 7.05. The summed E-state index contributed by atoms with van der Waals surface area (Å²) in [7, 11) is 0. The first-order valence-corrected chi connectivity index (χ1v) is 7.21. The molecule has 0 atom stereocenters. The highest BCUT2D eigenvalue weighted by Crippen LogP contribution is 2.28. The fourth-order valence-corrected chi connectivity index (χ4v) is 2.25. The zero-order valence-electron chi connectivity index (χ0n) is 12.5. The van der Waals surface area contributed by atoms with Gasteiger partial charge in [0.05, 0.1) is 12.2 Å². The first-order valence-electron chi connectivity index (χ1n) is 7.21. The van der Waals surface area contributed by atoms with Gasteiger partial charge in [0.1, 0.15) is 0 Å². The van der Waals surface area contributed by atoms with E-state index in [1.54, 1.807) is 10.7 Å². The summed E-state index contributed by atoms with van der Waals surface area (Å²) in [5, 5.41) is 4.59. The van der Waals surface area contributed by atoms with Crippen molar-refractivity contribution in [3.8, 4) is 0 Å². The molecule has 0 N–H and O–H groups in total. The molecule has 3 heteroatoms. The second-order valence-electron chi connectivity index (χ2n) is 5.47. The van der Waals surface area contributed by atoms with Crippen LogP contribution >= 0.6 is 0 Å². The highest BCUT2D eigenvalue weighted by Gasteiger charge is 2.24. The van der Waals surface area contributed by atoms with Crippen LogP contribution in [0.1, 0.15) is 44.9 Å². The monoisotopic (exact) mass is 270 g/mol. The van der Waals surface area contributed by atoms with E-state index in [1.807, 2.05) is 36.4 Å². The molecule has 3 nitrogen and oxygen atoms in total. The van der Waals surface area contributed by atoms with Crippen LogP contribution in [0.5, 0.6) is 0 Å². The Morgan fingerprint density at radius 1 is 1.05 bits per heavy atom. The summed E-state index contributed by atoms with van der Waals surface area (Å²) in [6.07, 6.45) is 2.03. The summed E-state index contributed by atoms with van der Waals surface area (Å²) in [6, 6.07) is 13.5. The van der Waals surface area contributed by atoms with Crippen LogP contribution in [0.3, 0.4) is 0 Å². The Morgan fingerprint density at radius 2 is 1.70 bits per heavy atom. The molecule has 2 rings (SSSR count). The molecule has 106 valence electrons. The Bertz CT molecular complexity index is 612. The lowest BCUT2D eigenvalue weighted by Gasteiger charge is -2.26. The lowest BCUT2D eigenvalue weighted by atomic mass is 9.81. The molecule has 2 aromatic rings. The van der Waals surface area contributed by atoms with Gasteiger partial charge in [-0.2, -0.15) is 5.10 Å². The number of aromatic nitrogens is 2. The van der Waals surface area contributed by atoms with Gasteiger partial charge < -0.3 is 0 Å². The zero-order chi connectivity index (χ0) is 14.6. The minimum atomic E-state index is -0.0489. The van der Waals surface area contributed by atoms with Crippen LogP contribution in [0.4, 0.5) is 0 Å². The molecule has 1 heterocycles. The molecule has 0 spiro atoms. The van der Waals surface area contributed by atoms with Crippen molar-refractivity contribution in [2.45, 2.75) is 45.6 Å². The van der Waals surface area contributed by atoms with Gasteiger partial charge in [0, 0.05) is 11.5 Å². The van der Waals surface area contributed by atoms with E-state index in [1.165, 1.54) is 0 Å². The second-order valence-corrected chi connectivity index (χ2v) is 5.47. The molecule has 0 bridgehead atoms. The maximum Gasteiger partial charge on any atom is 0.267 e. The third-order valence-corrected chi connectivity index (χ3v) is 4.22. The molecule has 0 saturated carbocycles. The van der Waals surface area contributed by atoms with E-state index < -0.39 is 0 Å². The van der Waals surface area contributed by atoms with Gasteiger partial charge in [-0.15, -0.1) is 0 Å². The number of nitrogens with zero attached hydrogens (tertiary/aromatic N) is 2. The molecule has 0 saturated heterocycles. The summed E-state index contributed by atoms with van der Waals surface area (Å²) < 4.78 is 1.56. The molecule has 1 aromatic heterocycles. The smallest absolute Gasteiger partial charge is 0.267 e. The van der Waals surface area contributed by atoms with E-state index in [4.69, 9.17) is 0 Å². The topological polar surface area (TPSA) is 34.9 Å². The fraction of sp³-hybridized carbons (Fsp3) is 0.412. The van der Waals surface area contributed by atoms with Gasteiger partial charge >= 0.3 is 0 Å². The summed E-state index contributed by atoms with van der Waals surface area (Å²) in [5.41, 5.74) is 2.07. The minimum absolute atomic E-state index is 0.0339. The lowest BCUT2D eigenvalue weighted by molar-refractivity contribution is 0.409. The number of hydrogen-bond acceptors (Lipinski definition) is 2. The normalized spacial score (nSPS) is 11.6. The van der Waals surface area contributed by atoms with E-state index in [0.717, 1.165) is 24.1 Å². The summed E-state index contributed by atoms with van der Waals surface area (Å²) >= 11 is 0. The van der Waals surface area contributed by atoms with Crippen molar-refractivity contribution in [2.24, 2.45) is 0 Å². The van der Waals surface area contributed by atoms with Gasteiger partial charge in [-0.3, -0.25) is 4.79 Å². The quantitative estimate of drug-likeness (QED) is 0.835. The Hall–Kier alpha value is -1.90. The van der Waals surface area contributed by atoms with E-state index in [2.05, 4.69) is 25.9 Å². The van der Waals surface area contributed by atoms with Crippen LogP contribution in [0.25, 0.3) is 0 Å². The number of hydrogen-bond donors (Lipinski definition) is 0. The van der Waals surface area contributed by atoms with E-state index in [-0.39, 0.29) is 11.0 Å². The first kappa shape index (κ1) is 14.5. The van der Waals surface area contributed by atoms with Crippen LogP contribution in [-0.2, 0) is 12.0 Å². The average molecular weight is 270 g/mol. The van der Waals surface area contributed by atoms with Crippen LogP contribution in [0, 0.1) is 0 Å². The minimum Gasteiger partial charge on any atom is -0.268 e. The van der Waals surface area contributed by atoms with Gasteiger partial charge in [-0.1, -0.05) is 51.1 Å². The second kappa shape index (κ2) is 6.04. The van der Waals surface area contributed by atoms with E-state index in [9.17, 15) is 4.79 Å². The van der Waals surface area contributed by atoms with Crippen LogP contribution in [-0.4, -0.2) is 9.78 Å². The lowest BCUT2D eigenvalue weighted by Crippen LogP contribution is -2.29. The highest BCUT2D eigenvalue weighted by molar-refractivity contribution is 5.17. The van der Waals surface area contributed by atoms with Crippen molar-refractivity contribution in [2.75, 3.05) is 0 Å². The molecule has 0 aliphatic carbocycles. The van der Waals surface area contributed by atoms with Crippen LogP contribution < -0.4 is 5.56 Å². The Balaban J connectivity index is 2.37. The third-order valence-electron chi connectivity index (χ3n) is 4.22. The Labute approximate surface area is 120 Å². The van der Waals surface area contributed by atoms with Gasteiger partial charge in [0.25, 0.3) is 5.56 Å². The molecule has 0 aliphatic heterocycles. The van der Waals surface area contributed by atoms with Crippen LogP contribution in [0.2, 0.25) is 0 Å². The van der Waals surface area contributed by atoms with Crippen molar-refractivity contribution in [3.63, 3.8) is 0 Å². The Morgan fingerprint density at radius 3 is 2.30 bits per heavy atom. The zero-order valence-corrected chi connectivity index (χ0v) is 12.5. The van der Waals surface area contributed by atoms with Gasteiger partial charge in [0.15, 0.2) is 0 Å². The van der Waals surface area contributed by atoms with Gasteiger partial charge in [0.2, 0.25) is 0 Å². The highest BCUT2D eigenvalue weighted by atomic mass is 16.1. The predicted octanol–water partition coefficient (Wildman–Crippen LogP) is 3.37. The van der Waals surface area contributed by atoms with Gasteiger partial charge in [-0.25, -0.2) is 4.68 Å².